The normalized spacial score (nSPS) is 16.8. The van der Waals surface area contributed by atoms with Gasteiger partial charge in [-0.25, -0.2) is 0 Å². The maximum absolute atomic E-state index is 11.4. The van der Waals surface area contributed by atoms with E-state index in [-0.39, 0.29) is 0 Å². The monoisotopic (exact) mass is 350 g/mol. The Balaban J connectivity index is 6.41. The molecule has 0 rings (SSSR count). The van der Waals surface area contributed by atoms with Gasteiger partial charge in [0, 0.05) is 6.42 Å². The summed E-state index contributed by atoms with van der Waals surface area (Å²) in [5.41, 5.74) is -3.30. The van der Waals surface area contributed by atoms with E-state index in [2.05, 4.69) is 0 Å². The number of carbonyl (C=O) groups is 3. The summed E-state index contributed by atoms with van der Waals surface area (Å²) in [5, 5.41) is 22.4. The predicted octanol–water partition coefficient (Wildman–Crippen LogP) is -1.52. The van der Waals surface area contributed by atoms with Crippen molar-refractivity contribution in [2.75, 3.05) is 0 Å². The van der Waals surface area contributed by atoms with Crippen molar-refractivity contribution in [1.82, 2.24) is 0 Å². The molecule has 2 atom stereocenters. The van der Waals surface area contributed by atoms with Gasteiger partial charge in [0.05, 0.1) is 0 Å². The third-order valence-electron chi connectivity index (χ3n) is 2.63. The Morgan fingerprint density at radius 2 is 1.38 bits per heavy atom. The fourth-order valence-corrected chi connectivity index (χ4v) is 4.78. The Morgan fingerprint density at radius 3 is 1.57 bits per heavy atom. The lowest BCUT2D eigenvalue weighted by Gasteiger charge is -2.34. The van der Waals surface area contributed by atoms with Gasteiger partial charge in [-0.2, -0.15) is 0 Å². The average Bonchev–Trinajstić information content (AvgIpc) is 2.18. The van der Waals surface area contributed by atoms with Crippen LogP contribution >= 0.6 is 15.2 Å². The summed E-state index contributed by atoms with van der Waals surface area (Å²) in [6, 6.07) is 0. The Labute approximate surface area is 116 Å². The van der Waals surface area contributed by atoms with E-state index in [1.54, 1.807) is 0 Å². The number of hydrogen-bond acceptors (Lipinski definition) is 5. The zero-order valence-electron chi connectivity index (χ0n) is 10.1. The molecule has 12 nitrogen and oxygen atoms in total. The Bertz CT molecular complexity index is 542. The van der Waals surface area contributed by atoms with Gasteiger partial charge in [-0.15, -0.1) is 0 Å². The van der Waals surface area contributed by atoms with Crippen LogP contribution in [0.1, 0.15) is 12.8 Å². The first-order chi connectivity index (χ1) is 9.18. The third kappa shape index (κ3) is 4.10. The number of rotatable bonds is 8. The minimum atomic E-state index is -5.96. The zero-order valence-corrected chi connectivity index (χ0v) is 11.8. The second kappa shape index (κ2) is 6.22. The molecular weight excluding hydrogens is 338 g/mol. The topological polar surface area (TPSA) is 227 Å². The summed E-state index contributed by atoms with van der Waals surface area (Å²) in [5.74, 6) is -6.73. The highest BCUT2D eigenvalue weighted by molar-refractivity contribution is 7.59. The molecule has 0 aromatic carbocycles. The minimum absolute atomic E-state index is 1.22. The van der Waals surface area contributed by atoms with Crippen LogP contribution in [0.5, 0.6) is 0 Å². The van der Waals surface area contributed by atoms with Gasteiger partial charge in [0.25, 0.3) is 0 Å². The fraction of sp³-hybridized carbons (Fsp3) is 0.571. The van der Waals surface area contributed by atoms with Crippen LogP contribution in [0.25, 0.3) is 0 Å². The van der Waals surface area contributed by atoms with Crippen molar-refractivity contribution in [3.63, 3.8) is 0 Å². The van der Waals surface area contributed by atoms with Crippen LogP contribution in [0, 0.1) is 0 Å². The summed E-state index contributed by atoms with van der Waals surface area (Å²) < 4.78 is 22.6. The highest BCUT2D eigenvalue weighted by Crippen LogP contribution is 2.63. The molecule has 0 aromatic rings. The lowest BCUT2D eigenvalue weighted by molar-refractivity contribution is -0.148. The number of hydrogen-bond donors (Lipinski definition) is 7. The van der Waals surface area contributed by atoms with E-state index in [1.807, 2.05) is 0 Å². The first-order valence-electron chi connectivity index (χ1n) is 4.96. The van der Waals surface area contributed by atoms with Crippen LogP contribution in [-0.2, 0) is 23.5 Å². The molecule has 21 heavy (non-hydrogen) atoms. The maximum atomic E-state index is 11.4. The van der Waals surface area contributed by atoms with Crippen molar-refractivity contribution in [2.45, 2.75) is 23.7 Å². The molecule has 0 radical (unpaired) electrons. The molecular formula is C7H12O12P2. The Kier molecular flexibility index (Phi) is 5.84. The van der Waals surface area contributed by atoms with E-state index >= 15 is 0 Å². The van der Waals surface area contributed by atoms with E-state index in [1.165, 1.54) is 0 Å². The van der Waals surface area contributed by atoms with Crippen molar-refractivity contribution >= 4 is 33.1 Å². The van der Waals surface area contributed by atoms with Crippen molar-refractivity contribution < 1.29 is 58.4 Å². The molecule has 122 valence electrons. The van der Waals surface area contributed by atoms with Gasteiger partial charge in [-0.05, 0) is 6.42 Å². The number of carboxylic acid groups (broad SMARTS) is 3. The molecule has 0 spiro atoms. The van der Waals surface area contributed by atoms with Gasteiger partial charge in [0.2, 0.25) is 0 Å². The standard InChI is InChI=1S/C7H12O12P2/c8-3(9)1-2-7(6(12)13,21(17,18)19)4(5(10)11)20(14,15)16/h4H,1-2H2,(H,8,9)(H,10,11)(H,12,13)(H2,14,15,16)(H2,17,18,19). The molecule has 0 aliphatic rings. The van der Waals surface area contributed by atoms with E-state index in [0.29, 0.717) is 0 Å². The van der Waals surface area contributed by atoms with Crippen LogP contribution in [0.2, 0.25) is 0 Å². The average molecular weight is 350 g/mol. The summed E-state index contributed by atoms with van der Waals surface area (Å²) >= 11 is 0. The molecule has 14 heteroatoms. The molecule has 0 saturated heterocycles. The van der Waals surface area contributed by atoms with Gasteiger partial charge in [0.1, 0.15) is 0 Å². The highest BCUT2D eigenvalue weighted by Gasteiger charge is 2.67. The Hall–Kier alpha value is -1.29. The van der Waals surface area contributed by atoms with Gasteiger partial charge < -0.3 is 34.9 Å². The van der Waals surface area contributed by atoms with Crippen molar-refractivity contribution in [2.24, 2.45) is 0 Å². The maximum Gasteiger partial charge on any atom is 0.344 e. The van der Waals surface area contributed by atoms with Crippen LogP contribution < -0.4 is 0 Å². The second-order valence-corrected chi connectivity index (χ2v) is 7.58. The van der Waals surface area contributed by atoms with Crippen molar-refractivity contribution in [3.05, 3.63) is 0 Å². The largest absolute Gasteiger partial charge is 0.481 e. The molecule has 0 aliphatic carbocycles. The van der Waals surface area contributed by atoms with Gasteiger partial charge in [-0.3, -0.25) is 23.5 Å². The van der Waals surface area contributed by atoms with Crippen molar-refractivity contribution in [3.8, 4) is 0 Å². The van der Waals surface area contributed by atoms with E-state index in [4.69, 9.17) is 34.9 Å². The lowest BCUT2D eigenvalue weighted by atomic mass is 9.97. The van der Waals surface area contributed by atoms with Crippen LogP contribution in [0.15, 0.2) is 0 Å². The SMILES string of the molecule is O=C(O)CCC(C(=O)O)(C(C(=O)O)P(=O)(O)O)P(=O)(O)O. The smallest absolute Gasteiger partial charge is 0.344 e. The molecule has 7 N–H and O–H groups in total. The van der Waals surface area contributed by atoms with E-state index in [0.717, 1.165) is 0 Å². The molecule has 0 bridgehead atoms. The second-order valence-electron chi connectivity index (χ2n) is 4.00. The lowest BCUT2D eigenvalue weighted by Crippen LogP contribution is -2.52. The van der Waals surface area contributed by atoms with Crippen LogP contribution in [-0.4, -0.2) is 63.6 Å². The summed E-state index contributed by atoms with van der Waals surface area (Å²) in [7, 11) is -11.8. The first-order valence-corrected chi connectivity index (χ1v) is 8.26. The molecule has 0 saturated carbocycles. The molecule has 0 aromatic heterocycles. The highest BCUT2D eigenvalue weighted by atomic mass is 31.2. The molecule has 0 heterocycles. The van der Waals surface area contributed by atoms with Gasteiger partial charge in [0.15, 0.2) is 10.8 Å². The molecule has 2 unspecified atom stereocenters. The fourth-order valence-electron chi connectivity index (χ4n) is 1.71. The van der Waals surface area contributed by atoms with Gasteiger partial charge in [-0.1, -0.05) is 0 Å². The third-order valence-corrected chi connectivity index (χ3v) is 5.88. The summed E-state index contributed by atoms with van der Waals surface area (Å²) in [4.78, 5) is 68.7. The van der Waals surface area contributed by atoms with Gasteiger partial charge >= 0.3 is 33.1 Å². The minimum Gasteiger partial charge on any atom is -0.481 e. The van der Waals surface area contributed by atoms with Crippen LogP contribution in [0.3, 0.4) is 0 Å². The Morgan fingerprint density at radius 1 is 0.952 bits per heavy atom. The number of aliphatic carboxylic acids is 3. The summed E-state index contributed by atoms with van der Waals surface area (Å²) in [6.45, 7) is 0. The quantitative estimate of drug-likeness (QED) is 0.248. The van der Waals surface area contributed by atoms with Crippen molar-refractivity contribution in [1.29, 1.82) is 0 Å². The van der Waals surface area contributed by atoms with E-state index < -0.39 is 56.8 Å². The molecule has 0 aliphatic heterocycles. The molecule has 0 amide bonds. The number of carboxylic acids is 3. The van der Waals surface area contributed by atoms with Crippen LogP contribution in [0.4, 0.5) is 0 Å². The molecule has 0 fully saturated rings. The first kappa shape index (κ1) is 19.7. The van der Waals surface area contributed by atoms with E-state index in [9.17, 15) is 23.5 Å². The summed E-state index contributed by atoms with van der Waals surface area (Å²) in [6.07, 6.45) is -2.70. The predicted molar refractivity (Wildman–Crippen MR) is 62.7 cm³/mol. The zero-order chi connectivity index (χ0) is 17.2.